The smallest absolute Gasteiger partial charge is 0.338 e. The van der Waals surface area contributed by atoms with Gasteiger partial charge in [0.2, 0.25) is 0 Å². The van der Waals surface area contributed by atoms with Crippen LogP contribution in [0.15, 0.2) is 63.5 Å². The lowest BCUT2D eigenvalue weighted by atomic mass is 9.96. The number of hydrogen-bond acceptors (Lipinski definition) is 7. The maximum Gasteiger partial charge on any atom is 0.338 e. The third-order valence-electron chi connectivity index (χ3n) is 5.25. The van der Waals surface area contributed by atoms with Crippen LogP contribution in [0.2, 0.25) is 5.02 Å². The van der Waals surface area contributed by atoms with Gasteiger partial charge in [0.25, 0.3) is 5.56 Å². The molecule has 10 heteroatoms. The summed E-state index contributed by atoms with van der Waals surface area (Å²) in [6.45, 7) is 4.78. The molecule has 0 aliphatic carbocycles. The number of ether oxygens (including phenoxy) is 2. The van der Waals surface area contributed by atoms with Crippen LogP contribution in [0.4, 0.5) is 4.39 Å². The minimum atomic E-state index is -0.852. The van der Waals surface area contributed by atoms with Crippen LogP contribution in [0.5, 0.6) is 5.75 Å². The standard InChI is InChI=1S/C25H20ClFN2O5S/c1-4-33-24(32)21-13(2)28-25-29(22(21)15-8-10-16(11-9-15)34-14(3)30)23(31)20(35-25)12-17-18(26)6-5-7-19(17)27/h5-12,22H,4H2,1-3H3/b20-12+/t22-/m0/s1. The first-order valence-electron chi connectivity index (χ1n) is 10.6. The highest BCUT2D eigenvalue weighted by Crippen LogP contribution is 2.31. The van der Waals surface area contributed by atoms with E-state index >= 15 is 0 Å². The summed E-state index contributed by atoms with van der Waals surface area (Å²) in [7, 11) is 0. The van der Waals surface area contributed by atoms with E-state index in [1.165, 1.54) is 35.8 Å². The number of carbonyl (C=O) groups excluding carboxylic acids is 2. The van der Waals surface area contributed by atoms with E-state index in [0.717, 1.165) is 11.3 Å². The SMILES string of the molecule is CCOC(=O)C1=C(C)N=c2s/c(=C/c3c(F)cccc3Cl)c(=O)n2[C@H]1c1ccc(OC(C)=O)cc1. The van der Waals surface area contributed by atoms with Crippen molar-refractivity contribution in [3.63, 3.8) is 0 Å². The van der Waals surface area contributed by atoms with Gasteiger partial charge >= 0.3 is 11.9 Å². The molecule has 0 saturated carbocycles. The van der Waals surface area contributed by atoms with Crippen molar-refractivity contribution in [1.29, 1.82) is 0 Å². The molecule has 3 aromatic rings. The van der Waals surface area contributed by atoms with Gasteiger partial charge < -0.3 is 9.47 Å². The number of benzene rings is 2. The lowest BCUT2D eigenvalue weighted by molar-refractivity contribution is -0.139. The van der Waals surface area contributed by atoms with Gasteiger partial charge in [0.15, 0.2) is 4.80 Å². The number of nitrogens with zero attached hydrogens (tertiary/aromatic N) is 2. The summed E-state index contributed by atoms with van der Waals surface area (Å²) in [5, 5.41) is 0.164. The van der Waals surface area contributed by atoms with Crippen LogP contribution >= 0.6 is 22.9 Å². The molecule has 0 amide bonds. The quantitative estimate of drug-likeness (QED) is 0.384. The highest BCUT2D eigenvalue weighted by molar-refractivity contribution is 7.07. The van der Waals surface area contributed by atoms with E-state index in [1.807, 2.05) is 0 Å². The van der Waals surface area contributed by atoms with E-state index in [4.69, 9.17) is 21.1 Å². The first-order valence-corrected chi connectivity index (χ1v) is 11.8. The third-order valence-corrected chi connectivity index (χ3v) is 6.56. The van der Waals surface area contributed by atoms with Gasteiger partial charge in [-0.2, -0.15) is 0 Å². The molecule has 0 radical (unpaired) electrons. The number of hydrogen-bond donors (Lipinski definition) is 0. The molecule has 1 aliphatic rings. The summed E-state index contributed by atoms with van der Waals surface area (Å²) in [6.07, 6.45) is 1.38. The summed E-state index contributed by atoms with van der Waals surface area (Å²) in [4.78, 5) is 42.6. The number of fused-ring (bicyclic) bond motifs is 1. The second-order valence-corrected chi connectivity index (χ2v) is 9.02. The van der Waals surface area contributed by atoms with Crippen molar-refractivity contribution in [2.75, 3.05) is 6.61 Å². The van der Waals surface area contributed by atoms with Crippen molar-refractivity contribution in [2.24, 2.45) is 4.99 Å². The molecule has 1 atom stereocenters. The first kappa shape index (κ1) is 24.6. The molecule has 0 spiro atoms. The lowest BCUT2D eigenvalue weighted by Gasteiger charge is -2.24. The molecular formula is C25H20ClFN2O5S. The van der Waals surface area contributed by atoms with Crippen LogP contribution in [0.25, 0.3) is 6.08 Å². The summed E-state index contributed by atoms with van der Waals surface area (Å²) in [5.41, 5.74) is 0.804. The Morgan fingerprint density at radius 2 is 1.94 bits per heavy atom. The fourth-order valence-electron chi connectivity index (χ4n) is 3.77. The maximum atomic E-state index is 14.4. The molecule has 1 aliphatic heterocycles. The molecular weight excluding hydrogens is 495 g/mol. The molecule has 7 nitrogen and oxygen atoms in total. The number of aromatic nitrogens is 1. The number of halogens is 2. The molecule has 0 unspecified atom stereocenters. The average molecular weight is 515 g/mol. The van der Waals surface area contributed by atoms with E-state index < -0.39 is 29.4 Å². The zero-order valence-electron chi connectivity index (χ0n) is 19.0. The Balaban J connectivity index is 1.94. The minimum absolute atomic E-state index is 0.0862. The van der Waals surface area contributed by atoms with Crippen molar-refractivity contribution in [3.05, 3.63) is 95.4 Å². The lowest BCUT2D eigenvalue weighted by Crippen LogP contribution is -2.39. The highest BCUT2D eigenvalue weighted by atomic mass is 35.5. The molecule has 0 N–H and O–H groups in total. The summed E-state index contributed by atoms with van der Waals surface area (Å²) >= 11 is 7.21. The normalized spacial score (nSPS) is 15.5. The number of rotatable bonds is 5. The fourth-order valence-corrected chi connectivity index (χ4v) is 5.02. The van der Waals surface area contributed by atoms with Crippen molar-refractivity contribution in [1.82, 2.24) is 4.57 Å². The van der Waals surface area contributed by atoms with Gasteiger partial charge in [-0.05, 0) is 49.8 Å². The Morgan fingerprint density at radius 3 is 2.57 bits per heavy atom. The number of allylic oxidation sites excluding steroid dienone is 1. The van der Waals surface area contributed by atoms with Crippen LogP contribution in [-0.4, -0.2) is 23.1 Å². The van der Waals surface area contributed by atoms with E-state index in [1.54, 1.807) is 38.1 Å². The van der Waals surface area contributed by atoms with Gasteiger partial charge in [0.05, 0.1) is 33.5 Å². The summed E-state index contributed by atoms with van der Waals surface area (Å²) in [6, 6.07) is 9.88. The Bertz CT molecular complexity index is 1520. The molecule has 35 heavy (non-hydrogen) atoms. The maximum absolute atomic E-state index is 14.4. The predicted molar refractivity (Wildman–Crippen MR) is 130 cm³/mol. The second-order valence-electron chi connectivity index (χ2n) is 7.60. The van der Waals surface area contributed by atoms with Crippen LogP contribution < -0.4 is 19.6 Å². The molecule has 2 heterocycles. The second kappa shape index (κ2) is 9.97. The monoisotopic (exact) mass is 514 g/mol. The Hall–Kier alpha value is -3.56. The van der Waals surface area contributed by atoms with E-state index in [2.05, 4.69) is 4.99 Å². The number of esters is 2. The predicted octanol–water partition coefficient (Wildman–Crippen LogP) is 3.52. The zero-order valence-corrected chi connectivity index (χ0v) is 20.6. The molecule has 180 valence electrons. The fraction of sp³-hybridized carbons (Fsp3) is 0.200. The number of carbonyl (C=O) groups is 2. The first-order chi connectivity index (χ1) is 16.7. The van der Waals surface area contributed by atoms with Crippen molar-refractivity contribution in [3.8, 4) is 5.75 Å². The summed E-state index contributed by atoms with van der Waals surface area (Å²) < 4.78 is 26.3. The van der Waals surface area contributed by atoms with Gasteiger partial charge in [-0.15, -0.1) is 0 Å². The largest absolute Gasteiger partial charge is 0.463 e. The summed E-state index contributed by atoms with van der Waals surface area (Å²) in [5.74, 6) is -1.32. The van der Waals surface area contributed by atoms with E-state index in [0.29, 0.717) is 21.8 Å². The van der Waals surface area contributed by atoms with Crippen LogP contribution in [0.3, 0.4) is 0 Å². The van der Waals surface area contributed by atoms with Gasteiger partial charge in [-0.25, -0.2) is 14.2 Å². The minimum Gasteiger partial charge on any atom is -0.463 e. The van der Waals surface area contributed by atoms with E-state index in [-0.39, 0.29) is 27.3 Å². The third kappa shape index (κ3) is 4.82. The Kier molecular flexibility index (Phi) is 7.00. The molecule has 0 bridgehead atoms. The van der Waals surface area contributed by atoms with Gasteiger partial charge in [-0.1, -0.05) is 41.1 Å². The highest BCUT2D eigenvalue weighted by Gasteiger charge is 2.33. The van der Waals surface area contributed by atoms with Gasteiger partial charge in [-0.3, -0.25) is 14.2 Å². The van der Waals surface area contributed by atoms with Crippen molar-refractivity contribution < 1.29 is 23.5 Å². The Morgan fingerprint density at radius 1 is 1.23 bits per heavy atom. The van der Waals surface area contributed by atoms with Gasteiger partial charge in [0, 0.05) is 12.5 Å². The van der Waals surface area contributed by atoms with E-state index in [9.17, 15) is 18.8 Å². The van der Waals surface area contributed by atoms with Crippen molar-refractivity contribution >= 4 is 41.0 Å². The number of thiazole rings is 1. The average Bonchev–Trinajstić information content (AvgIpc) is 3.10. The van der Waals surface area contributed by atoms with Crippen LogP contribution in [0, 0.1) is 5.82 Å². The molecule has 0 saturated heterocycles. The van der Waals surface area contributed by atoms with Crippen LogP contribution in [0.1, 0.15) is 37.9 Å². The topological polar surface area (TPSA) is 87.0 Å². The molecule has 1 aromatic heterocycles. The Labute approximate surface area is 208 Å². The van der Waals surface area contributed by atoms with Crippen LogP contribution in [-0.2, 0) is 14.3 Å². The van der Waals surface area contributed by atoms with Crippen molar-refractivity contribution in [2.45, 2.75) is 26.8 Å². The zero-order chi connectivity index (χ0) is 25.3. The molecule has 2 aromatic carbocycles. The molecule has 0 fully saturated rings. The molecule has 4 rings (SSSR count). The van der Waals surface area contributed by atoms with Gasteiger partial charge in [0.1, 0.15) is 11.6 Å².